The molecule has 0 amide bonds. The summed E-state index contributed by atoms with van der Waals surface area (Å²) in [5.74, 6) is 0.602. The summed E-state index contributed by atoms with van der Waals surface area (Å²) in [5.41, 5.74) is 0.543. The van der Waals surface area contributed by atoms with E-state index in [0.29, 0.717) is 22.8 Å². The highest BCUT2D eigenvalue weighted by atomic mass is 35.5. The quantitative estimate of drug-likeness (QED) is 0.764. The molecule has 1 heterocycles. The van der Waals surface area contributed by atoms with E-state index in [-0.39, 0.29) is 5.78 Å². The van der Waals surface area contributed by atoms with E-state index in [0.717, 1.165) is 11.3 Å². The number of ketones is 1. The van der Waals surface area contributed by atoms with Gasteiger partial charge in [-0.1, -0.05) is 18.5 Å². The molecule has 4 heteroatoms. The van der Waals surface area contributed by atoms with Crippen LogP contribution in [-0.4, -0.2) is 12.9 Å². The summed E-state index contributed by atoms with van der Waals surface area (Å²) in [6.07, 6.45) is 1.39. The highest BCUT2D eigenvalue weighted by Crippen LogP contribution is 2.25. The fourth-order valence-electron chi connectivity index (χ4n) is 1.86. The smallest absolute Gasteiger partial charge is 0.171 e. The first-order valence-corrected chi connectivity index (χ1v) is 7.27. The molecule has 19 heavy (non-hydrogen) atoms. The van der Waals surface area contributed by atoms with Crippen molar-refractivity contribution in [3.8, 4) is 5.75 Å². The van der Waals surface area contributed by atoms with Gasteiger partial charge in [-0.05, 0) is 36.8 Å². The van der Waals surface area contributed by atoms with Crippen molar-refractivity contribution in [2.75, 3.05) is 7.11 Å². The predicted molar refractivity (Wildman–Crippen MR) is 79.7 cm³/mol. The molecule has 0 unspecified atom stereocenters. The molecule has 1 aromatic carbocycles. The number of carbonyl (C=O) groups is 1. The first kappa shape index (κ1) is 14.1. The zero-order valence-corrected chi connectivity index (χ0v) is 12.5. The molecule has 0 radical (unpaired) electrons. The highest BCUT2D eigenvalue weighted by molar-refractivity contribution is 7.12. The molecule has 0 bridgehead atoms. The van der Waals surface area contributed by atoms with Gasteiger partial charge in [0.1, 0.15) is 5.75 Å². The van der Waals surface area contributed by atoms with Gasteiger partial charge < -0.3 is 4.74 Å². The molecular formula is C15H15ClO2S. The first-order chi connectivity index (χ1) is 9.13. The largest absolute Gasteiger partial charge is 0.496 e. The van der Waals surface area contributed by atoms with Gasteiger partial charge in [0.15, 0.2) is 5.78 Å². The highest BCUT2D eigenvalue weighted by Gasteiger charge is 2.14. The normalized spacial score (nSPS) is 10.5. The van der Waals surface area contributed by atoms with Crippen LogP contribution in [0.5, 0.6) is 5.75 Å². The molecule has 0 saturated carbocycles. The number of hydrogen-bond donors (Lipinski definition) is 0. The van der Waals surface area contributed by atoms with Gasteiger partial charge in [-0.15, -0.1) is 11.3 Å². The van der Waals surface area contributed by atoms with Crippen LogP contribution >= 0.6 is 22.9 Å². The Balaban J connectivity index is 2.21. The van der Waals surface area contributed by atoms with E-state index in [4.69, 9.17) is 16.3 Å². The van der Waals surface area contributed by atoms with Crippen LogP contribution in [0.1, 0.15) is 27.0 Å². The number of ether oxygens (including phenoxy) is 1. The van der Waals surface area contributed by atoms with Crippen molar-refractivity contribution in [3.05, 3.63) is 50.7 Å². The third-order valence-electron chi connectivity index (χ3n) is 2.86. The summed E-state index contributed by atoms with van der Waals surface area (Å²) < 4.78 is 5.21. The van der Waals surface area contributed by atoms with E-state index >= 15 is 0 Å². The van der Waals surface area contributed by atoms with E-state index in [1.54, 1.807) is 36.6 Å². The lowest BCUT2D eigenvalue weighted by Gasteiger charge is -2.07. The fraction of sp³-hybridized carbons (Fsp3) is 0.267. The molecular weight excluding hydrogens is 280 g/mol. The van der Waals surface area contributed by atoms with Crippen LogP contribution in [0.4, 0.5) is 0 Å². The summed E-state index contributed by atoms with van der Waals surface area (Å²) in [5, 5.41) is 0.546. The molecule has 0 aliphatic carbocycles. The molecule has 0 aliphatic rings. The van der Waals surface area contributed by atoms with E-state index in [9.17, 15) is 4.79 Å². The van der Waals surface area contributed by atoms with Gasteiger partial charge in [-0.25, -0.2) is 0 Å². The second kappa shape index (κ2) is 6.22. The number of carbonyl (C=O) groups excluding carboxylic acids is 1. The summed E-state index contributed by atoms with van der Waals surface area (Å²) in [6.45, 7) is 2.11. The van der Waals surface area contributed by atoms with Gasteiger partial charge in [0.05, 0.1) is 12.7 Å². The Morgan fingerprint density at radius 2 is 2.00 bits per heavy atom. The Morgan fingerprint density at radius 1 is 1.26 bits per heavy atom. The zero-order chi connectivity index (χ0) is 13.8. The molecule has 0 saturated heterocycles. The van der Waals surface area contributed by atoms with Crippen LogP contribution in [0.25, 0.3) is 0 Å². The van der Waals surface area contributed by atoms with Crippen LogP contribution in [0.15, 0.2) is 30.3 Å². The number of Topliss-reactive ketones (excluding diaryl/α,β-unsaturated/α-hetero) is 1. The zero-order valence-electron chi connectivity index (χ0n) is 10.9. The average Bonchev–Trinajstić information content (AvgIpc) is 2.86. The van der Waals surface area contributed by atoms with E-state index in [1.165, 1.54) is 4.88 Å². The second-order valence-electron chi connectivity index (χ2n) is 4.17. The van der Waals surface area contributed by atoms with E-state index < -0.39 is 0 Å². The average molecular weight is 295 g/mol. The number of methoxy groups -OCH3 is 1. The minimum Gasteiger partial charge on any atom is -0.496 e. The van der Waals surface area contributed by atoms with Crippen molar-refractivity contribution in [1.82, 2.24) is 0 Å². The number of benzene rings is 1. The van der Waals surface area contributed by atoms with Gasteiger partial charge in [0.2, 0.25) is 0 Å². The van der Waals surface area contributed by atoms with Crippen LogP contribution in [0.3, 0.4) is 0 Å². The molecule has 0 atom stereocenters. The lowest BCUT2D eigenvalue weighted by molar-refractivity contribution is 0.0991. The maximum absolute atomic E-state index is 12.3. The Hall–Kier alpha value is -1.32. The lowest BCUT2D eigenvalue weighted by Crippen LogP contribution is -2.04. The third-order valence-corrected chi connectivity index (χ3v) is 4.33. The van der Waals surface area contributed by atoms with Crippen molar-refractivity contribution in [2.45, 2.75) is 19.8 Å². The Labute approximate surface area is 122 Å². The number of rotatable bonds is 5. The second-order valence-corrected chi connectivity index (χ2v) is 5.86. The van der Waals surface area contributed by atoms with Gasteiger partial charge >= 0.3 is 0 Å². The molecule has 2 nitrogen and oxygen atoms in total. The molecule has 0 aliphatic heterocycles. The standard InChI is InChI=1S/C15H15ClO2S/c1-3-11-5-6-12(19-11)9-14(17)13-8-10(16)4-7-15(13)18-2/h4-8H,3,9H2,1-2H3. The van der Waals surface area contributed by atoms with Gasteiger partial charge in [-0.2, -0.15) is 0 Å². The Bertz CT molecular complexity index is 590. The number of thiophene rings is 1. The number of halogens is 1. The van der Waals surface area contributed by atoms with Crippen molar-refractivity contribution < 1.29 is 9.53 Å². The first-order valence-electron chi connectivity index (χ1n) is 6.08. The van der Waals surface area contributed by atoms with Crippen LogP contribution < -0.4 is 4.74 Å². The van der Waals surface area contributed by atoms with Gasteiger partial charge in [-0.3, -0.25) is 4.79 Å². The Kier molecular flexibility index (Phi) is 4.61. The molecule has 2 rings (SSSR count). The van der Waals surface area contributed by atoms with Crippen LogP contribution in [0, 0.1) is 0 Å². The summed E-state index contributed by atoms with van der Waals surface area (Å²) in [4.78, 5) is 14.7. The molecule has 1 aromatic heterocycles. The topological polar surface area (TPSA) is 26.3 Å². The fourth-order valence-corrected chi connectivity index (χ4v) is 2.99. The van der Waals surface area contributed by atoms with Crippen molar-refractivity contribution in [2.24, 2.45) is 0 Å². The summed E-state index contributed by atoms with van der Waals surface area (Å²) in [7, 11) is 1.56. The molecule has 0 spiro atoms. The number of aryl methyl sites for hydroxylation is 1. The van der Waals surface area contributed by atoms with Gasteiger partial charge in [0, 0.05) is 21.2 Å². The summed E-state index contributed by atoms with van der Waals surface area (Å²) >= 11 is 7.62. The monoisotopic (exact) mass is 294 g/mol. The van der Waals surface area contributed by atoms with E-state index in [1.807, 2.05) is 6.07 Å². The van der Waals surface area contributed by atoms with Gasteiger partial charge in [0.25, 0.3) is 0 Å². The lowest BCUT2D eigenvalue weighted by atomic mass is 10.1. The minimum atomic E-state index is 0.0313. The minimum absolute atomic E-state index is 0.0313. The Morgan fingerprint density at radius 3 is 2.63 bits per heavy atom. The van der Waals surface area contributed by atoms with Crippen molar-refractivity contribution in [3.63, 3.8) is 0 Å². The molecule has 2 aromatic rings. The SMILES string of the molecule is CCc1ccc(CC(=O)c2cc(Cl)ccc2OC)s1. The molecule has 0 fully saturated rings. The van der Waals surface area contributed by atoms with Crippen molar-refractivity contribution >= 4 is 28.7 Å². The van der Waals surface area contributed by atoms with Crippen molar-refractivity contribution in [1.29, 1.82) is 0 Å². The maximum atomic E-state index is 12.3. The third kappa shape index (κ3) is 3.37. The molecule has 100 valence electrons. The van der Waals surface area contributed by atoms with Crippen LogP contribution in [-0.2, 0) is 12.8 Å². The molecule has 0 N–H and O–H groups in total. The summed E-state index contributed by atoms with van der Waals surface area (Å²) in [6, 6.07) is 9.19. The predicted octanol–water partition coefficient (Wildman–Crippen LogP) is 4.40. The van der Waals surface area contributed by atoms with E-state index in [2.05, 4.69) is 13.0 Å². The number of hydrogen-bond acceptors (Lipinski definition) is 3. The van der Waals surface area contributed by atoms with Crippen LogP contribution in [0.2, 0.25) is 5.02 Å². The maximum Gasteiger partial charge on any atom is 0.171 e.